The maximum atomic E-state index is 13.1. The summed E-state index contributed by atoms with van der Waals surface area (Å²) < 4.78 is 15.2. The monoisotopic (exact) mass is 379 g/mol. The Morgan fingerprint density at radius 3 is 2.57 bits per heavy atom. The summed E-state index contributed by atoms with van der Waals surface area (Å²) in [4.78, 5) is 10.8. The molecule has 0 bridgehead atoms. The van der Waals surface area contributed by atoms with Crippen LogP contribution in [-0.4, -0.2) is 41.1 Å². The zero-order valence-electron chi connectivity index (χ0n) is 16.3. The van der Waals surface area contributed by atoms with Gasteiger partial charge in [0.1, 0.15) is 11.6 Å². The quantitative estimate of drug-likeness (QED) is 0.506. The maximum Gasteiger partial charge on any atom is 0.193 e. The summed E-state index contributed by atoms with van der Waals surface area (Å²) in [5.41, 5.74) is 2.29. The summed E-state index contributed by atoms with van der Waals surface area (Å²) in [5.74, 6) is 1.61. The van der Waals surface area contributed by atoms with Crippen molar-refractivity contribution in [1.29, 1.82) is 0 Å². The number of imidazole rings is 1. The molecule has 2 aromatic carbocycles. The summed E-state index contributed by atoms with van der Waals surface area (Å²) in [7, 11) is 3.73. The average molecular weight is 379 g/mol. The van der Waals surface area contributed by atoms with Crippen LogP contribution in [0.4, 0.5) is 4.39 Å². The van der Waals surface area contributed by atoms with Crippen molar-refractivity contribution >= 4 is 5.96 Å². The highest BCUT2D eigenvalue weighted by molar-refractivity contribution is 5.79. The lowest BCUT2D eigenvalue weighted by atomic mass is 10.2. The van der Waals surface area contributed by atoms with Gasteiger partial charge in [0.2, 0.25) is 0 Å². The van der Waals surface area contributed by atoms with Crippen molar-refractivity contribution in [2.75, 3.05) is 20.6 Å². The molecule has 0 amide bonds. The highest BCUT2D eigenvalue weighted by atomic mass is 19.1. The normalized spacial score (nSPS) is 11.5. The van der Waals surface area contributed by atoms with E-state index in [1.807, 2.05) is 30.4 Å². The topological polar surface area (TPSA) is 45.5 Å². The van der Waals surface area contributed by atoms with Gasteiger partial charge in [-0.1, -0.05) is 42.5 Å². The summed E-state index contributed by atoms with van der Waals surface area (Å²) in [5, 5.41) is 3.38. The van der Waals surface area contributed by atoms with E-state index in [2.05, 4.69) is 44.1 Å². The molecule has 0 fully saturated rings. The van der Waals surface area contributed by atoms with Crippen molar-refractivity contribution < 1.29 is 4.39 Å². The molecular formula is C22H26FN5. The third-order valence-corrected chi connectivity index (χ3v) is 4.54. The first kappa shape index (κ1) is 19.6. The van der Waals surface area contributed by atoms with Gasteiger partial charge in [0.15, 0.2) is 5.96 Å². The van der Waals surface area contributed by atoms with Crippen LogP contribution >= 0.6 is 0 Å². The second kappa shape index (κ2) is 9.69. The van der Waals surface area contributed by atoms with Crippen molar-refractivity contribution in [1.82, 2.24) is 19.8 Å². The lowest BCUT2D eigenvalue weighted by Gasteiger charge is -2.22. The van der Waals surface area contributed by atoms with E-state index >= 15 is 0 Å². The number of nitrogens with zero attached hydrogens (tertiary/aromatic N) is 4. The van der Waals surface area contributed by atoms with Gasteiger partial charge in [0.05, 0.1) is 0 Å². The Bertz CT molecular complexity index is 887. The molecule has 0 saturated heterocycles. The van der Waals surface area contributed by atoms with Crippen LogP contribution in [0, 0.1) is 5.82 Å². The number of nitrogens with one attached hydrogen (secondary N) is 1. The smallest absolute Gasteiger partial charge is 0.193 e. The predicted octanol–water partition coefficient (Wildman–Crippen LogP) is 3.32. The molecule has 1 heterocycles. The number of rotatable bonds is 7. The minimum Gasteiger partial charge on any atom is -0.356 e. The first-order chi connectivity index (χ1) is 13.7. The number of hydrogen-bond acceptors (Lipinski definition) is 2. The lowest BCUT2D eigenvalue weighted by molar-refractivity contribution is 0.476. The van der Waals surface area contributed by atoms with Crippen LogP contribution in [0.15, 0.2) is 72.0 Å². The van der Waals surface area contributed by atoms with Gasteiger partial charge in [-0.15, -0.1) is 0 Å². The molecule has 1 N–H and O–H groups in total. The molecular weight excluding hydrogens is 353 g/mol. The minimum atomic E-state index is -0.222. The van der Waals surface area contributed by atoms with Crippen molar-refractivity contribution in [3.05, 3.63) is 89.8 Å². The number of hydrogen-bond donors (Lipinski definition) is 1. The van der Waals surface area contributed by atoms with Gasteiger partial charge in [-0.3, -0.25) is 4.99 Å². The Morgan fingerprint density at radius 1 is 1.11 bits per heavy atom. The molecule has 28 heavy (non-hydrogen) atoms. The van der Waals surface area contributed by atoms with Crippen LogP contribution in [0.1, 0.15) is 17.0 Å². The molecule has 0 saturated carbocycles. The van der Waals surface area contributed by atoms with Crippen LogP contribution in [-0.2, 0) is 19.5 Å². The Morgan fingerprint density at radius 2 is 1.86 bits per heavy atom. The zero-order chi connectivity index (χ0) is 19.8. The molecule has 0 aliphatic rings. The van der Waals surface area contributed by atoms with Crippen LogP contribution in [0.25, 0.3) is 0 Å². The van der Waals surface area contributed by atoms with Gasteiger partial charge in [-0.05, 0) is 23.3 Å². The van der Waals surface area contributed by atoms with E-state index in [9.17, 15) is 4.39 Å². The fourth-order valence-electron chi connectivity index (χ4n) is 3.10. The third kappa shape index (κ3) is 5.42. The molecule has 0 spiro atoms. The Balaban J connectivity index is 1.52. The summed E-state index contributed by atoms with van der Waals surface area (Å²) in [6.45, 7) is 2.20. The first-order valence-corrected chi connectivity index (χ1v) is 9.36. The van der Waals surface area contributed by atoms with Gasteiger partial charge in [0.25, 0.3) is 0 Å². The lowest BCUT2D eigenvalue weighted by Crippen LogP contribution is -2.39. The molecule has 0 unspecified atom stereocenters. The first-order valence-electron chi connectivity index (χ1n) is 9.36. The zero-order valence-corrected chi connectivity index (χ0v) is 16.3. The Labute approximate surface area is 165 Å². The minimum absolute atomic E-state index is 0.222. The molecule has 3 rings (SSSR count). The number of benzene rings is 2. The van der Waals surface area contributed by atoms with E-state index in [-0.39, 0.29) is 5.82 Å². The maximum absolute atomic E-state index is 13.1. The fourth-order valence-corrected chi connectivity index (χ4v) is 3.10. The van der Waals surface area contributed by atoms with E-state index in [4.69, 9.17) is 0 Å². The van der Waals surface area contributed by atoms with Gasteiger partial charge in [-0.25, -0.2) is 9.37 Å². The SMILES string of the molecule is CN=C(NCCc1nccn1Cc1ccccc1)N(C)Cc1ccc(F)cc1. The van der Waals surface area contributed by atoms with Crippen molar-refractivity contribution in [2.24, 2.45) is 4.99 Å². The molecule has 0 aliphatic heterocycles. The Hall–Kier alpha value is -3.15. The summed E-state index contributed by atoms with van der Waals surface area (Å²) in [6.07, 6.45) is 4.65. The van der Waals surface area contributed by atoms with Gasteiger partial charge in [-0.2, -0.15) is 0 Å². The number of guanidine groups is 1. The highest BCUT2D eigenvalue weighted by Crippen LogP contribution is 2.07. The molecule has 0 radical (unpaired) electrons. The molecule has 6 heteroatoms. The van der Waals surface area contributed by atoms with Crippen LogP contribution in [0.2, 0.25) is 0 Å². The van der Waals surface area contributed by atoms with E-state index in [0.29, 0.717) is 6.54 Å². The number of halogens is 1. The van der Waals surface area contributed by atoms with Crippen molar-refractivity contribution in [3.63, 3.8) is 0 Å². The average Bonchev–Trinajstić information content (AvgIpc) is 3.14. The molecule has 146 valence electrons. The van der Waals surface area contributed by atoms with E-state index in [0.717, 1.165) is 36.9 Å². The van der Waals surface area contributed by atoms with E-state index < -0.39 is 0 Å². The molecule has 0 atom stereocenters. The predicted molar refractivity (Wildman–Crippen MR) is 111 cm³/mol. The second-order valence-corrected chi connectivity index (χ2v) is 6.66. The van der Waals surface area contributed by atoms with E-state index in [1.54, 1.807) is 19.2 Å². The molecule has 0 aliphatic carbocycles. The van der Waals surface area contributed by atoms with Crippen LogP contribution in [0.5, 0.6) is 0 Å². The molecule has 3 aromatic rings. The number of aromatic nitrogens is 2. The van der Waals surface area contributed by atoms with E-state index in [1.165, 1.54) is 17.7 Å². The summed E-state index contributed by atoms with van der Waals surface area (Å²) in [6, 6.07) is 16.9. The third-order valence-electron chi connectivity index (χ3n) is 4.54. The molecule has 1 aromatic heterocycles. The van der Waals surface area contributed by atoms with Crippen molar-refractivity contribution in [3.8, 4) is 0 Å². The Kier molecular flexibility index (Phi) is 6.78. The highest BCUT2D eigenvalue weighted by Gasteiger charge is 2.08. The van der Waals surface area contributed by atoms with Crippen LogP contribution in [0.3, 0.4) is 0 Å². The largest absolute Gasteiger partial charge is 0.356 e. The molecule has 5 nitrogen and oxygen atoms in total. The fraction of sp³-hybridized carbons (Fsp3) is 0.273. The summed E-state index contributed by atoms with van der Waals surface area (Å²) >= 11 is 0. The van der Waals surface area contributed by atoms with Gasteiger partial charge < -0.3 is 14.8 Å². The van der Waals surface area contributed by atoms with Crippen molar-refractivity contribution in [2.45, 2.75) is 19.5 Å². The van der Waals surface area contributed by atoms with Crippen LogP contribution < -0.4 is 5.32 Å². The standard InChI is InChI=1S/C22H26FN5/c1-24-22(27(2)16-19-8-10-20(23)11-9-19)26-13-12-21-25-14-15-28(21)17-18-6-4-3-5-7-18/h3-11,14-15H,12-13,16-17H2,1-2H3,(H,24,26). The second-order valence-electron chi connectivity index (χ2n) is 6.66. The van der Waals surface area contributed by atoms with Gasteiger partial charge in [0, 0.05) is 52.5 Å². The van der Waals surface area contributed by atoms with Gasteiger partial charge >= 0.3 is 0 Å². The number of aliphatic imine (C=N–C) groups is 1.